The van der Waals surface area contributed by atoms with Crippen LogP contribution in [-0.4, -0.2) is 5.48 Å². The van der Waals surface area contributed by atoms with Crippen LogP contribution in [0.15, 0.2) is 34.9 Å². The van der Waals surface area contributed by atoms with Crippen LogP contribution in [-0.2, 0) is 0 Å². The summed E-state index contributed by atoms with van der Waals surface area (Å²) in [6, 6.07) is 0. The molecule has 0 aromatic heterocycles. The zero-order valence-corrected chi connectivity index (χ0v) is 10.4. The molecule has 0 saturated heterocycles. The van der Waals surface area contributed by atoms with E-state index in [4.69, 9.17) is 68.8 Å². The maximum Gasteiger partial charge on any atom is 0.134 e. The van der Waals surface area contributed by atoms with Crippen molar-refractivity contribution in [3.8, 4) is 0 Å². The molecule has 0 radical (unpaired) electrons. The zero-order valence-electron chi connectivity index (χ0n) is 10.4. The van der Waals surface area contributed by atoms with Gasteiger partial charge in [0.25, 0.3) is 0 Å². The zero-order chi connectivity index (χ0) is 15.5. The summed E-state index contributed by atoms with van der Waals surface area (Å²) in [6.45, 7) is 0. The van der Waals surface area contributed by atoms with Crippen molar-refractivity contribution in [3.63, 3.8) is 0 Å². The molecule has 0 saturated carbocycles. The average Bonchev–Trinajstić information content (AvgIpc) is 2.18. The van der Waals surface area contributed by atoms with Gasteiger partial charge in [0.1, 0.15) is 34.9 Å². The van der Waals surface area contributed by atoms with Gasteiger partial charge in [0.15, 0.2) is 0 Å². The summed E-state index contributed by atoms with van der Waals surface area (Å²) in [5.74, 6) is -0.111. The van der Waals surface area contributed by atoms with E-state index < -0.39 is 0 Å². The normalized spacial score (nSPS) is 6.95. The summed E-state index contributed by atoms with van der Waals surface area (Å²) in [5, 5.41) is 0. The molecule has 13 heteroatoms. The van der Waals surface area contributed by atoms with Crippen molar-refractivity contribution in [2.45, 2.75) is 0 Å². The molecule has 0 aromatic rings. The van der Waals surface area contributed by atoms with E-state index in [1.165, 1.54) is 0 Å². The predicted molar refractivity (Wildman–Crippen MR) is 74.9 cm³/mol. The molecular formula is C6H26N12O. The molecule has 0 amide bonds. The number of rotatable bonds is 0. The summed E-state index contributed by atoms with van der Waals surface area (Å²) < 4.78 is 0. The van der Waals surface area contributed by atoms with Gasteiger partial charge in [-0.15, -0.1) is 0 Å². The summed E-state index contributed by atoms with van der Waals surface area (Å²) >= 11 is 0. The number of hydrogen-bond acceptors (Lipinski definition) is 12. The van der Waals surface area contributed by atoms with E-state index in [0.717, 1.165) is 0 Å². The fourth-order valence-electron chi connectivity index (χ4n) is 0. The predicted octanol–water partition coefficient (Wildman–Crippen LogP) is -6.98. The molecule has 0 rings (SSSR count). The lowest BCUT2D eigenvalue weighted by Crippen LogP contribution is -2.22. The first-order valence-electron chi connectivity index (χ1n) is 4.21. The topological polar surface area (TPSA) is 344 Å². The van der Waals surface area contributed by atoms with E-state index in [0.29, 0.717) is 0 Å². The molecule has 0 bridgehead atoms. The Morgan fingerprint density at radius 1 is 0.263 bits per heavy atom. The Kier molecular flexibility index (Phi) is 16.8. The van der Waals surface area contributed by atoms with Gasteiger partial charge in [-0.25, -0.2) is 0 Å². The van der Waals surface area contributed by atoms with Gasteiger partial charge in [-0.2, -0.15) is 0 Å². The highest BCUT2D eigenvalue weighted by Gasteiger charge is 1.78. The maximum absolute atomic E-state index is 4.84. The van der Waals surface area contributed by atoms with Crippen molar-refractivity contribution in [2.75, 3.05) is 0 Å². The van der Waals surface area contributed by atoms with Crippen LogP contribution < -0.4 is 68.8 Å². The van der Waals surface area contributed by atoms with Gasteiger partial charge in [0.05, 0.1) is 0 Å². The Morgan fingerprint density at radius 3 is 0.316 bits per heavy atom. The highest BCUT2D eigenvalue weighted by Crippen LogP contribution is 1.63. The number of nitrogens with two attached hydrogens (primary N) is 12. The van der Waals surface area contributed by atoms with Gasteiger partial charge >= 0.3 is 0 Å². The minimum Gasteiger partial charge on any atom is -0.412 e. The lowest BCUT2D eigenvalue weighted by Gasteiger charge is -1.89. The molecule has 0 fully saturated rings. The molecule has 0 spiro atoms. The lowest BCUT2D eigenvalue weighted by atomic mass is 10.7. The van der Waals surface area contributed by atoms with Crippen molar-refractivity contribution in [2.24, 2.45) is 68.8 Å². The monoisotopic (exact) mass is 282 g/mol. The van der Waals surface area contributed by atoms with Crippen LogP contribution in [0.4, 0.5) is 0 Å². The molecule has 0 atom stereocenters. The van der Waals surface area contributed by atoms with Crippen LogP contribution in [0.5, 0.6) is 0 Å². The molecule has 0 aliphatic heterocycles. The summed E-state index contributed by atoms with van der Waals surface area (Å²) in [7, 11) is 0. The van der Waals surface area contributed by atoms with E-state index in [1.54, 1.807) is 0 Å². The van der Waals surface area contributed by atoms with Crippen LogP contribution in [0.25, 0.3) is 0 Å². The van der Waals surface area contributed by atoms with E-state index in [-0.39, 0.29) is 40.4 Å². The first-order chi connectivity index (χ1) is 7.93. The van der Waals surface area contributed by atoms with Crippen LogP contribution in [0.1, 0.15) is 0 Å². The molecule has 0 aromatic carbocycles. The largest absolute Gasteiger partial charge is 0.412 e. The summed E-state index contributed by atoms with van der Waals surface area (Å²) in [4.78, 5) is 0. The van der Waals surface area contributed by atoms with Gasteiger partial charge in [0, 0.05) is 0 Å². The first kappa shape index (κ1) is 24.8. The molecule has 0 aliphatic rings. The molecule has 0 unspecified atom stereocenters. The van der Waals surface area contributed by atoms with E-state index in [9.17, 15) is 0 Å². The second kappa shape index (κ2) is 12.8. The maximum atomic E-state index is 4.84. The molecule has 26 N–H and O–H groups in total. The Bertz CT molecular complexity index is 225. The third-order valence-corrected chi connectivity index (χ3v) is 1.00. The van der Waals surface area contributed by atoms with Crippen LogP contribution in [0.2, 0.25) is 0 Å². The Balaban J connectivity index is -0.0000000865. The fourth-order valence-corrected chi connectivity index (χ4v) is 0. The molecule has 0 heterocycles. The Labute approximate surface area is 110 Å². The van der Waals surface area contributed by atoms with Crippen LogP contribution in [0.3, 0.4) is 0 Å². The Morgan fingerprint density at radius 2 is 0.316 bits per heavy atom. The van der Waals surface area contributed by atoms with Crippen LogP contribution in [0, 0.1) is 0 Å². The van der Waals surface area contributed by atoms with Crippen molar-refractivity contribution in [1.82, 2.24) is 0 Å². The van der Waals surface area contributed by atoms with Gasteiger partial charge in [-0.05, 0) is 0 Å². The van der Waals surface area contributed by atoms with Crippen molar-refractivity contribution in [3.05, 3.63) is 34.9 Å². The SMILES string of the molecule is NC(N)=C(N)N.NC(N)=C(N)N.NC(N)=C(N)N.O. The summed E-state index contributed by atoms with van der Waals surface area (Å²) in [6.07, 6.45) is 0. The molecule has 13 nitrogen and oxygen atoms in total. The quantitative estimate of drug-likeness (QED) is 0.197. The smallest absolute Gasteiger partial charge is 0.134 e. The minimum atomic E-state index is -0.0185. The van der Waals surface area contributed by atoms with E-state index in [2.05, 4.69) is 0 Å². The molecule has 116 valence electrons. The van der Waals surface area contributed by atoms with E-state index in [1.807, 2.05) is 0 Å². The van der Waals surface area contributed by atoms with Crippen molar-refractivity contribution < 1.29 is 5.48 Å². The number of hydrogen-bond donors (Lipinski definition) is 12. The van der Waals surface area contributed by atoms with Gasteiger partial charge < -0.3 is 74.3 Å². The lowest BCUT2D eigenvalue weighted by molar-refractivity contribution is 0.824. The molecule has 19 heavy (non-hydrogen) atoms. The van der Waals surface area contributed by atoms with Gasteiger partial charge in [-0.3, -0.25) is 0 Å². The van der Waals surface area contributed by atoms with Crippen molar-refractivity contribution >= 4 is 0 Å². The molecule has 0 aliphatic carbocycles. The van der Waals surface area contributed by atoms with Crippen molar-refractivity contribution in [1.29, 1.82) is 0 Å². The highest BCUT2D eigenvalue weighted by molar-refractivity contribution is 4.97. The Hall–Kier alpha value is -3.22. The standard InChI is InChI=1S/3C2H8N4.H2O/c3*3-1(4)2(5)6;/h3*3-6H2;1H2. The first-order valence-corrected chi connectivity index (χ1v) is 4.21. The van der Waals surface area contributed by atoms with E-state index >= 15 is 0 Å². The minimum absolute atomic E-state index is 0. The third-order valence-electron chi connectivity index (χ3n) is 1.00. The second-order valence-electron chi connectivity index (χ2n) is 2.73. The fraction of sp³-hybridized carbons (Fsp3) is 0. The highest BCUT2D eigenvalue weighted by atomic mass is 16.0. The van der Waals surface area contributed by atoms with Crippen LogP contribution >= 0.6 is 0 Å². The van der Waals surface area contributed by atoms with Gasteiger partial charge in [-0.1, -0.05) is 0 Å². The molecular weight excluding hydrogens is 256 g/mol. The second-order valence-corrected chi connectivity index (χ2v) is 2.73. The summed E-state index contributed by atoms with van der Waals surface area (Å²) in [5.41, 5.74) is 58.1. The average molecular weight is 282 g/mol. The third kappa shape index (κ3) is 31.3. The van der Waals surface area contributed by atoms with Gasteiger partial charge in [0.2, 0.25) is 0 Å².